The smallest absolute Gasteiger partial charge is 0.300 e. The molecule has 0 atom stereocenters. The number of nitro groups is 1. The molecule has 0 aliphatic rings. The van der Waals surface area contributed by atoms with Gasteiger partial charge >= 0.3 is 5.69 Å². The zero-order chi connectivity index (χ0) is 10.3. The van der Waals surface area contributed by atoms with Crippen molar-refractivity contribution < 1.29 is 4.92 Å². The molecule has 0 unspecified atom stereocenters. The Morgan fingerprint density at radius 2 is 2.29 bits per heavy atom. The summed E-state index contributed by atoms with van der Waals surface area (Å²) in [6.07, 6.45) is 3.28. The van der Waals surface area contributed by atoms with Crippen molar-refractivity contribution in [2.75, 3.05) is 0 Å². The number of aromatic nitrogens is 2. The molecule has 0 aliphatic heterocycles. The van der Waals surface area contributed by atoms with E-state index in [0.717, 1.165) is 5.69 Å². The van der Waals surface area contributed by atoms with Crippen LogP contribution in [0.25, 0.3) is 5.65 Å². The third kappa shape index (κ3) is 1.31. The monoisotopic (exact) mass is 211 g/mol. The van der Waals surface area contributed by atoms with E-state index in [2.05, 4.69) is 4.98 Å². The number of rotatable bonds is 1. The number of pyridine rings is 1. The third-order valence-corrected chi connectivity index (χ3v) is 2.02. The second-order valence-corrected chi connectivity index (χ2v) is 3.35. The molecule has 5 nitrogen and oxygen atoms in total. The van der Waals surface area contributed by atoms with E-state index in [9.17, 15) is 10.1 Å². The van der Waals surface area contributed by atoms with Crippen LogP contribution in [-0.2, 0) is 0 Å². The molecule has 0 aliphatic carbocycles. The van der Waals surface area contributed by atoms with E-state index in [1.54, 1.807) is 23.7 Å². The highest BCUT2D eigenvalue weighted by atomic mass is 35.5. The van der Waals surface area contributed by atoms with Crippen LogP contribution in [0.1, 0.15) is 5.69 Å². The molecule has 0 fully saturated rings. The minimum Gasteiger partial charge on any atom is -0.300 e. The standard InChI is InChI=1S/C8H6ClN3O2/c1-5-3-11-4-6(9)2-7(12(13)14)8(11)10-5/h2-4H,1H3. The summed E-state index contributed by atoms with van der Waals surface area (Å²) in [5.74, 6) is 0. The van der Waals surface area contributed by atoms with Gasteiger partial charge in [-0.3, -0.25) is 14.5 Å². The first kappa shape index (κ1) is 8.96. The largest absolute Gasteiger partial charge is 0.313 e. The van der Waals surface area contributed by atoms with Gasteiger partial charge in [0.1, 0.15) is 0 Å². The van der Waals surface area contributed by atoms with Gasteiger partial charge in [-0.05, 0) is 6.92 Å². The van der Waals surface area contributed by atoms with Crippen LogP contribution < -0.4 is 0 Å². The van der Waals surface area contributed by atoms with Crippen LogP contribution in [0.15, 0.2) is 18.5 Å². The van der Waals surface area contributed by atoms with Gasteiger partial charge in [-0.25, -0.2) is 4.98 Å². The molecule has 0 aromatic carbocycles. The van der Waals surface area contributed by atoms with E-state index in [0.29, 0.717) is 10.7 Å². The van der Waals surface area contributed by atoms with Crippen molar-refractivity contribution >= 4 is 22.9 Å². The highest BCUT2D eigenvalue weighted by Crippen LogP contribution is 2.23. The first-order chi connectivity index (χ1) is 6.58. The summed E-state index contributed by atoms with van der Waals surface area (Å²) in [6.45, 7) is 1.77. The summed E-state index contributed by atoms with van der Waals surface area (Å²) < 4.78 is 1.55. The van der Waals surface area contributed by atoms with Crippen molar-refractivity contribution in [2.45, 2.75) is 6.92 Å². The SMILES string of the molecule is Cc1cn2cc(Cl)cc([N+](=O)[O-])c2n1. The second-order valence-electron chi connectivity index (χ2n) is 2.91. The summed E-state index contributed by atoms with van der Waals surface area (Å²) in [4.78, 5) is 14.2. The molecule has 6 heteroatoms. The summed E-state index contributed by atoms with van der Waals surface area (Å²) in [5.41, 5.74) is 0.956. The maximum absolute atomic E-state index is 10.7. The van der Waals surface area contributed by atoms with Gasteiger partial charge in [0, 0.05) is 18.5 Å². The highest BCUT2D eigenvalue weighted by molar-refractivity contribution is 6.30. The maximum atomic E-state index is 10.7. The van der Waals surface area contributed by atoms with Gasteiger partial charge in [0.2, 0.25) is 5.65 Å². The van der Waals surface area contributed by atoms with E-state index in [4.69, 9.17) is 11.6 Å². The van der Waals surface area contributed by atoms with Crippen molar-refractivity contribution in [3.05, 3.63) is 39.3 Å². The first-order valence-corrected chi connectivity index (χ1v) is 4.25. The van der Waals surface area contributed by atoms with Crippen molar-refractivity contribution in [1.82, 2.24) is 9.38 Å². The van der Waals surface area contributed by atoms with Gasteiger partial charge in [-0.15, -0.1) is 0 Å². The number of nitrogens with zero attached hydrogens (tertiary/aromatic N) is 3. The van der Waals surface area contributed by atoms with Gasteiger partial charge in [0.05, 0.1) is 15.6 Å². The number of halogens is 1. The molecular formula is C8H6ClN3O2. The average molecular weight is 212 g/mol. The molecule has 14 heavy (non-hydrogen) atoms. The fourth-order valence-electron chi connectivity index (χ4n) is 1.30. The zero-order valence-corrected chi connectivity index (χ0v) is 8.02. The van der Waals surface area contributed by atoms with Crippen LogP contribution in [-0.4, -0.2) is 14.3 Å². The van der Waals surface area contributed by atoms with Crippen LogP contribution in [0, 0.1) is 17.0 Å². The summed E-state index contributed by atoms with van der Waals surface area (Å²) in [5, 5.41) is 11.0. The molecule has 0 spiro atoms. The molecule has 0 saturated heterocycles. The Bertz CT molecular complexity index is 521. The van der Waals surface area contributed by atoms with Gasteiger partial charge in [0.15, 0.2) is 0 Å². The quantitative estimate of drug-likeness (QED) is 0.537. The molecule has 0 N–H and O–H groups in total. The van der Waals surface area contributed by atoms with Crippen molar-refractivity contribution in [3.8, 4) is 0 Å². The van der Waals surface area contributed by atoms with E-state index >= 15 is 0 Å². The molecule has 2 rings (SSSR count). The Morgan fingerprint density at radius 3 is 2.93 bits per heavy atom. The van der Waals surface area contributed by atoms with Gasteiger partial charge in [0.25, 0.3) is 0 Å². The molecular weight excluding hydrogens is 206 g/mol. The van der Waals surface area contributed by atoms with Gasteiger partial charge in [-0.1, -0.05) is 11.6 Å². The van der Waals surface area contributed by atoms with Crippen LogP contribution in [0.4, 0.5) is 5.69 Å². The van der Waals surface area contributed by atoms with E-state index < -0.39 is 4.92 Å². The molecule has 0 radical (unpaired) electrons. The lowest BCUT2D eigenvalue weighted by Crippen LogP contribution is -1.93. The minimum atomic E-state index is -0.492. The molecule has 0 amide bonds. The Labute approximate surface area is 84.1 Å². The molecule has 72 valence electrons. The maximum Gasteiger partial charge on any atom is 0.313 e. The predicted molar refractivity (Wildman–Crippen MR) is 51.6 cm³/mol. The van der Waals surface area contributed by atoms with E-state index in [1.165, 1.54) is 6.07 Å². The van der Waals surface area contributed by atoms with Crippen molar-refractivity contribution in [2.24, 2.45) is 0 Å². The topological polar surface area (TPSA) is 60.4 Å². The predicted octanol–water partition coefficient (Wildman–Crippen LogP) is 2.20. The van der Waals surface area contributed by atoms with Gasteiger partial charge < -0.3 is 0 Å². The van der Waals surface area contributed by atoms with Crippen molar-refractivity contribution in [3.63, 3.8) is 0 Å². The van der Waals surface area contributed by atoms with E-state index in [1.807, 2.05) is 0 Å². The molecule has 0 saturated carbocycles. The van der Waals surface area contributed by atoms with E-state index in [-0.39, 0.29) is 5.69 Å². The third-order valence-electron chi connectivity index (χ3n) is 1.82. The minimum absolute atomic E-state index is 0.0781. The molecule has 2 heterocycles. The summed E-state index contributed by atoms with van der Waals surface area (Å²) in [7, 11) is 0. The Morgan fingerprint density at radius 1 is 1.57 bits per heavy atom. The Hall–Kier alpha value is -1.62. The lowest BCUT2D eigenvalue weighted by Gasteiger charge is -1.96. The first-order valence-electron chi connectivity index (χ1n) is 3.87. The Balaban J connectivity index is 2.85. The fraction of sp³-hybridized carbons (Fsp3) is 0.125. The lowest BCUT2D eigenvalue weighted by molar-refractivity contribution is -0.383. The highest BCUT2D eigenvalue weighted by Gasteiger charge is 2.15. The zero-order valence-electron chi connectivity index (χ0n) is 7.27. The van der Waals surface area contributed by atoms with Crippen molar-refractivity contribution in [1.29, 1.82) is 0 Å². The van der Waals surface area contributed by atoms with Crippen LogP contribution in [0.5, 0.6) is 0 Å². The Kier molecular flexibility index (Phi) is 1.89. The van der Waals surface area contributed by atoms with Crippen LogP contribution >= 0.6 is 11.6 Å². The number of aryl methyl sites for hydroxylation is 1. The number of hydrogen-bond acceptors (Lipinski definition) is 3. The fourth-order valence-corrected chi connectivity index (χ4v) is 1.51. The molecule has 2 aromatic heterocycles. The summed E-state index contributed by atoms with van der Waals surface area (Å²) in [6, 6.07) is 1.29. The average Bonchev–Trinajstić information content (AvgIpc) is 2.42. The second kappa shape index (κ2) is 2.95. The number of hydrogen-bond donors (Lipinski definition) is 0. The molecule has 0 bridgehead atoms. The van der Waals surface area contributed by atoms with Crippen LogP contribution in [0.2, 0.25) is 5.02 Å². The number of fused-ring (bicyclic) bond motifs is 1. The van der Waals surface area contributed by atoms with Gasteiger partial charge in [-0.2, -0.15) is 0 Å². The molecule has 2 aromatic rings. The number of imidazole rings is 1. The summed E-state index contributed by atoms with van der Waals surface area (Å²) >= 11 is 5.72. The normalized spacial score (nSPS) is 10.7. The lowest BCUT2D eigenvalue weighted by atomic mass is 10.4. The van der Waals surface area contributed by atoms with Crippen LogP contribution in [0.3, 0.4) is 0 Å².